The summed E-state index contributed by atoms with van der Waals surface area (Å²) in [5.41, 5.74) is 1.86. The van der Waals surface area contributed by atoms with E-state index in [1.54, 1.807) is 12.3 Å². The number of aromatic nitrogens is 1. The van der Waals surface area contributed by atoms with Crippen molar-refractivity contribution < 1.29 is 5.11 Å². The van der Waals surface area contributed by atoms with Gasteiger partial charge in [0.15, 0.2) is 7.85 Å². The zero-order valence-corrected chi connectivity index (χ0v) is 5.33. The molecule has 0 spiro atoms. The molecule has 0 aliphatic rings. The molecule has 0 aromatic carbocycles. The first-order valence-electron chi connectivity index (χ1n) is 2.85. The lowest BCUT2D eigenvalue weighted by molar-refractivity contribution is 0.282. The fourth-order valence-corrected chi connectivity index (χ4v) is 0.703. The molecule has 0 aliphatic carbocycles. The van der Waals surface area contributed by atoms with Crippen molar-refractivity contribution in [3.8, 4) is 0 Å². The highest BCUT2D eigenvalue weighted by Gasteiger charge is 1.87. The fourth-order valence-electron chi connectivity index (χ4n) is 0.703. The molecule has 1 aromatic rings. The lowest BCUT2D eigenvalue weighted by Crippen LogP contribution is -2.07. The molecule has 46 valence electrons. The molecule has 1 aromatic heterocycles. The van der Waals surface area contributed by atoms with Gasteiger partial charge in [-0.05, 0) is 23.3 Å². The van der Waals surface area contributed by atoms with E-state index >= 15 is 0 Å². The maximum atomic E-state index is 8.63. The molecule has 0 saturated heterocycles. The predicted molar refractivity (Wildman–Crippen MR) is 38.3 cm³/mol. The molecule has 1 N–H and O–H groups in total. The van der Waals surface area contributed by atoms with Crippen LogP contribution in [-0.4, -0.2) is 17.9 Å². The second-order valence-electron chi connectivity index (χ2n) is 1.96. The third-order valence-electron chi connectivity index (χ3n) is 1.14. The van der Waals surface area contributed by atoms with Crippen LogP contribution >= 0.6 is 0 Å². The van der Waals surface area contributed by atoms with Gasteiger partial charge in [-0.25, -0.2) is 0 Å². The standard InChI is InChI=1S/C6H8BNO/c7-6-3-5(4-9)1-2-8-6/h1-3,9H,4,7H2. The topological polar surface area (TPSA) is 33.1 Å². The number of pyridine rings is 1. The van der Waals surface area contributed by atoms with Crippen LogP contribution in [0.5, 0.6) is 0 Å². The van der Waals surface area contributed by atoms with Gasteiger partial charge in [-0.1, -0.05) is 0 Å². The van der Waals surface area contributed by atoms with Gasteiger partial charge in [0.1, 0.15) is 0 Å². The Hall–Kier alpha value is -0.825. The van der Waals surface area contributed by atoms with Gasteiger partial charge in [-0.2, -0.15) is 0 Å². The Morgan fingerprint density at radius 1 is 1.67 bits per heavy atom. The minimum absolute atomic E-state index is 0.101. The molecular weight excluding hydrogens is 113 g/mol. The number of hydrogen-bond acceptors (Lipinski definition) is 2. The largest absolute Gasteiger partial charge is 0.392 e. The van der Waals surface area contributed by atoms with E-state index in [0.717, 1.165) is 11.2 Å². The fraction of sp³-hybridized carbons (Fsp3) is 0.167. The maximum Gasteiger partial charge on any atom is 0.163 e. The van der Waals surface area contributed by atoms with Gasteiger partial charge in [0.2, 0.25) is 0 Å². The van der Waals surface area contributed by atoms with E-state index in [0.29, 0.717) is 0 Å². The smallest absolute Gasteiger partial charge is 0.163 e. The Morgan fingerprint density at radius 2 is 2.44 bits per heavy atom. The maximum absolute atomic E-state index is 8.63. The zero-order chi connectivity index (χ0) is 6.69. The van der Waals surface area contributed by atoms with E-state index in [9.17, 15) is 0 Å². The van der Waals surface area contributed by atoms with Gasteiger partial charge < -0.3 is 5.11 Å². The average molecular weight is 121 g/mol. The van der Waals surface area contributed by atoms with E-state index < -0.39 is 0 Å². The first kappa shape index (κ1) is 6.30. The highest BCUT2D eigenvalue weighted by atomic mass is 16.3. The van der Waals surface area contributed by atoms with Gasteiger partial charge in [0.25, 0.3) is 0 Å². The summed E-state index contributed by atoms with van der Waals surface area (Å²) in [5.74, 6) is 0. The molecule has 0 aliphatic heterocycles. The van der Waals surface area contributed by atoms with E-state index in [2.05, 4.69) is 4.98 Å². The van der Waals surface area contributed by atoms with Gasteiger partial charge in [0.05, 0.1) is 6.61 Å². The second-order valence-corrected chi connectivity index (χ2v) is 1.96. The summed E-state index contributed by atoms with van der Waals surface area (Å²) in [6, 6.07) is 3.66. The summed E-state index contributed by atoms with van der Waals surface area (Å²) in [6.45, 7) is 0.101. The van der Waals surface area contributed by atoms with Crippen molar-refractivity contribution >= 4 is 13.4 Å². The molecule has 2 nitrogen and oxygen atoms in total. The highest BCUT2D eigenvalue weighted by molar-refractivity contribution is 6.30. The van der Waals surface area contributed by atoms with Crippen LogP contribution in [0.15, 0.2) is 18.3 Å². The molecule has 0 bridgehead atoms. The van der Waals surface area contributed by atoms with E-state index in [1.807, 2.05) is 13.9 Å². The minimum Gasteiger partial charge on any atom is -0.392 e. The van der Waals surface area contributed by atoms with Crippen LogP contribution in [0.4, 0.5) is 0 Å². The van der Waals surface area contributed by atoms with Gasteiger partial charge in [-0.3, -0.25) is 4.98 Å². The third-order valence-corrected chi connectivity index (χ3v) is 1.14. The number of rotatable bonds is 1. The van der Waals surface area contributed by atoms with E-state index in [-0.39, 0.29) is 6.61 Å². The van der Waals surface area contributed by atoms with Crippen LogP contribution in [0, 0.1) is 0 Å². The van der Waals surface area contributed by atoms with Crippen LogP contribution in [0.2, 0.25) is 0 Å². The first-order chi connectivity index (χ1) is 4.33. The second kappa shape index (κ2) is 2.64. The average Bonchev–Trinajstić information content (AvgIpc) is 1.88. The van der Waals surface area contributed by atoms with Crippen molar-refractivity contribution in [2.75, 3.05) is 0 Å². The highest BCUT2D eigenvalue weighted by Crippen LogP contribution is 1.91. The van der Waals surface area contributed by atoms with Crippen LogP contribution in [0.1, 0.15) is 5.56 Å². The Labute approximate surface area is 55.0 Å². The molecule has 1 heterocycles. The van der Waals surface area contributed by atoms with Crippen molar-refractivity contribution in [2.45, 2.75) is 6.61 Å². The minimum atomic E-state index is 0.101. The summed E-state index contributed by atoms with van der Waals surface area (Å²) in [6.07, 6.45) is 1.70. The molecule has 1 rings (SSSR count). The molecule has 9 heavy (non-hydrogen) atoms. The number of aliphatic hydroxyl groups is 1. The van der Waals surface area contributed by atoms with Crippen molar-refractivity contribution in [1.82, 2.24) is 4.98 Å². The number of hydrogen-bond donors (Lipinski definition) is 1. The Morgan fingerprint density at radius 3 is 2.89 bits per heavy atom. The summed E-state index contributed by atoms with van der Waals surface area (Å²) in [7, 11) is 1.90. The van der Waals surface area contributed by atoms with Crippen molar-refractivity contribution in [3.63, 3.8) is 0 Å². The SMILES string of the molecule is Bc1cc(CO)ccn1. The Bertz CT molecular complexity index is 202. The molecule has 0 amide bonds. The lowest BCUT2D eigenvalue weighted by atomic mass is 10.0. The summed E-state index contributed by atoms with van der Waals surface area (Å²) in [4.78, 5) is 3.98. The molecule has 3 heteroatoms. The molecule has 0 fully saturated rings. The quantitative estimate of drug-likeness (QED) is 0.475. The van der Waals surface area contributed by atoms with Crippen LogP contribution < -0.4 is 5.59 Å². The molecule has 0 atom stereocenters. The first-order valence-corrected chi connectivity index (χ1v) is 2.85. The van der Waals surface area contributed by atoms with Crippen LogP contribution in [0.3, 0.4) is 0 Å². The molecule has 0 unspecified atom stereocenters. The molecular formula is C6H8BNO. The summed E-state index contributed by atoms with van der Waals surface area (Å²) in [5, 5.41) is 8.63. The predicted octanol–water partition coefficient (Wildman–Crippen LogP) is -1.17. The molecule has 0 radical (unpaired) electrons. The Kier molecular flexibility index (Phi) is 1.85. The normalized spacial score (nSPS) is 9.44. The number of nitrogens with zero attached hydrogens (tertiary/aromatic N) is 1. The summed E-state index contributed by atoms with van der Waals surface area (Å²) >= 11 is 0. The van der Waals surface area contributed by atoms with Crippen LogP contribution in [-0.2, 0) is 6.61 Å². The monoisotopic (exact) mass is 121 g/mol. The lowest BCUT2D eigenvalue weighted by Gasteiger charge is -1.94. The van der Waals surface area contributed by atoms with Crippen molar-refractivity contribution in [1.29, 1.82) is 0 Å². The van der Waals surface area contributed by atoms with Gasteiger partial charge in [0, 0.05) is 6.20 Å². The molecule has 0 saturated carbocycles. The van der Waals surface area contributed by atoms with E-state index in [1.165, 1.54) is 0 Å². The Balaban J connectivity index is 2.94. The van der Waals surface area contributed by atoms with Crippen molar-refractivity contribution in [3.05, 3.63) is 23.9 Å². The summed E-state index contributed by atoms with van der Waals surface area (Å²) < 4.78 is 0. The number of aliphatic hydroxyl groups excluding tert-OH is 1. The van der Waals surface area contributed by atoms with Crippen molar-refractivity contribution in [2.24, 2.45) is 0 Å². The van der Waals surface area contributed by atoms with Gasteiger partial charge in [-0.15, -0.1) is 0 Å². The van der Waals surface area contributed by atoms with E-state index in [4.69, 9.17) is 5.11 Å². The third kappa shape index (κ3) is 1.54. The van der Waals surface area contributed by atoms with Gasteiger partial charge >= 0.3 is 0 Å². The zero-order valence-electron chi connectivity index (χ0n) is 5.33. The van der Waals surface area contributed by atoms with Crippen LogP contribution in [0.25, 0.3) is 0 Å².